The Morgan fingerprint density at radius 2 is 2.28 bits per heavy atom. The highest BCUT2D eigenvalue weighted by molar-refractivity contribution is 7.09. The van der Waals surface area contributed by atoms with Gasteiger partial charge in [0.25, 0.3) is 0 Å². The molecule has 0 aliphatic rings. The van der Waals surface area contributed by atoms with Crippen molar-refractivity contribution < 1.29 is 14.7 Å². The van der Waals surface area contributed by atoms with Crippen molar-refractivity contribution >= 4 is 23.3 Å². The summed E-state index contributed by atoms with van der Waals surface area (Å²) < 4.78 is 0. The zero-order valence-electron chi connectivity index (χ0n) is 10.4. The van der Waals surface area contributed by atoms with Crippen LogP contribution in [-0.2, 0) is 11.2 Å². The SMILES string of the molecule is CC[C@@H](NC(=O)NCCc1nc(C)cs1)C(=O)O. The van der Waals surface area contributed by atoms with Crippen LogP contribution >= 0.6 is 11.3 Å². The molecule has 3 N–H and O–H groups in total. The quantitative estimate of drug-likeness (QED) is 0.724. The summed E-state index contributed by atoms with van der Waals surface area (Å²) in [5.41, 5.74) is 0.969. The number of hydrogen-bond donors (Lipinski definition) is 3. The second kappa shape index (κ2) is 6.95. The topological polar surface area (TPSA) is 91.3 Å². The van der Waals surface area contributed by atoms with Crippen LogP contribution in [0.15, 0.2) is 5.38 Å². The van der Waals surface area contributed by atoms with E-state index in [4.69, 9.17) is 5.11 Å². The average Bonchev–Trinajstić information content (AvgIpc) is 2.71. The molecule has 1 heterocycles. The van der Waals surface area contributed by atoms with Crippen molar-refractivity contribution in [2.75, 3.05) is 6.54 Å². The van der Waals surface area contributed by atoms with Crippen LogP contribution in [0, 0.1) is 6.92 Å². The highest BCUT2D eigenvalue weighted by Gasteiger charge is 2.16. The van der Waals surface area contributed by atoms with Crippen LogP contribution in [0.2, 0.25) is 0 Å². The van der Waals surface area contributed by atoms with Gasteiger partial charge in [0.05, 0.1) is 5.01 Å². The smallest absolute Gasteiger partial charge is 0.326 e. The van der Waals surface area contributed by atoms with Gasteiger partial charge in [-0.25, -0.2) is 14.6 Å². The minimum Gasteiger partial charge on any atom is -0.480 e. The molecule has 0 aliphatic carbocycles. The monoisotopic (exact) mass is 271 g/mol. The maximum absolute atomic E-state index is 11.4. The molecule has 0 unspecified atom stereocenters. The van der Waals surface area contributed by atoms with E-state index >= 15 is 0 Å². The number of rotatable bonds is 6. The van der Waals surface area contributed by atoms with E-state index in [1.165, 1.54) is 0 Å². The van der Waals surface area contributed by atoms with E-state index in [1.807, 2.05) is 12.3 Å². The number of hydrogen-bond acceptors (Lipinski definition) is 4. The van der Waals surface area contributed by atoms with Gasteiger partial charge >= 0.3 is 12.0 Å². The van der Waals surface area contributed by atoms with E-state index in [1.54, 1.807) is 18.3 Å². The first kappa shape index (κ1) is 14.4. The molecule has 100 valence electrons. The molecule has 6 nitrogen and oxygen atoms in total. The molecule has 18 heavy (non-hydrogen) atoms. The predicted molar refractivity (Wildman–Crippen MR) is 68.8 cm³/mol. The number of carbonyl (C=O) groups is 2. The summed E-state index contributed by atoms with van der Waals surface area (Å²) in [6.45, 7) is 4.06. The molecular formula is C11H17N3O3S. The predicted octanol–water partition coefficient (Wildman–Crippen LogP) is 1.16. The van der Waals surface area contributed by atoms with Crippen molar-refractivity contribution in [3.05, 3.63) is 16.1 Å². The number of amides is 2. The van der Waals surface area contributed by atoms with Crippen molar-refractivity contribution in [2.24, 2.45) is 0 Å². The number of aryl methyl sites for hydroxylation is 1. The van der Waals surface area contributed by atoms with Crippen molar-refractivity contribution in [3.8, 4) is 0 Å². The van der Waals surface area contributed by atoms with E-state index in [0.29, 0.717) is 19.4 Å². The first-order valence-electron chi connectivity index (χ1n) is 5.71. The lowest BCUT2D eigenvalue weighted by atomic mass is 10.2. The van der Waals surface area contributed by atoms with Gasteiger partial charge in [-0.3, -0.25) is 0 Å². The number of thiazole rings is 1. The van der Waals surface area contributed by atoms with Crippen LogP contribution < -0.4 is 10.6 Å². The Labute approximate surface area is 109 Å². The van der Waals surface area contributed by atoms with Gasteiger partial charge in [0.2, 0.25) is 0 Å². The van der Waals surface area contributed by atoms with Crippen molar-refractivity contribution in [3.63, 3.8) is 0 Å². The summed E-state index contributed by atoms with van der Waals surface area (Å²) in [5, 5.41) is 16.7. The van der Waals surface area contributed by atoms with Crippen LogP contribution in [0.4, 0.5) is 4.79 Å². The third kappa shape index (κ3) is 4.70. The fourth-order valence-electron chi connectivity index (χ4n) is 1.35. The van der Waals surface area contributed by atoms with Crippen molar-refractivity contribution in [2.45, 2.75) is 32.7 Å². The summed E-state index contributed by atoms with van der Waals surface area (Å²) in [5.74, 6) is -1.02. The highest BCUT2D eigenvalue weighted by Crippen LogP contribution is 2.08. The molecule has 0 saturated heterocycles. The first-order valence-corrected chi connectivity index (χ1v) is 6.59. The Morgan fingerprint density at radius 3 is 2.78 bits per heavy atom. The van der Waals surface area contributed by atoms with Gasteiger partial charge in [-0.15, -0.1) is 11.3 Å². The molecule has 0 radical (unpaired) electrons. The standard InChI is InChI=1S/C11H17N3O3S/c1-3-8(10(15)16)14-11(17)12-5-4-9-13-7(2)6-18-9/h6,8H,3-5H2,1-2H3,(H,15,16)(H2,12,14,17)/t8-/m1/s1. The van der Waals surface area contributed by atoms with Crippen LogP contribution in [0.3, 0.4) is 0 Å². The minimum absolute atomic E-state index is 0.356. The van der Waals surface area contributed by atoms with E-state index in [9.17, 15) is 9.59 Å². The summed E-state index contributed by atoms with van der Waals surface area (Å²) in [4.78, 5) is 26.4. The molecule has 7 heteroatoms. The molecule has 0 saturated carbocycles. The lowest BCUT2D eigenvalue weighted by Crippen LogP contribution is -2.46. The van der Waals surface area contributed by atoms with Crippen LogP contribution in [0.25, 0.3) is 0 Å². The van der Waals surface area contributed by atoms with E-state index in [0.717, 1.165) is 10.7 Å². The first-order chi connectivity index (χ1) is 8.52. The molecule has 0 spiro atoms. The third-order valence-electron chi connectivity index (χ3n) is 2.30. The number of carbonyl (C=O) groups excluding carboxylic acids is 1. The Balaban J connectivity index is 2.26. The number of nitrogens with one attached hydrogen (secondary N) is 2. The van der Waals surface area contributed by atoms with Crippen molar-refractivity contribution in [1.82, 2.24) is 15.6 Å². The Hall–Kier alpha value is -1.63. The fraction of sp³-hybridized carbons (Fsp3) is 0.545. The molecule has 1 atom stereocenters. The molecule has 1 rings (SSSR count). The van der Waals surface area contributed by atoms with E-state index in [-0.39, 0.29) is 0 Å². The molecular weight excluding hydrogens is 254 g/mol. The molecule has 0 bridgehead atoms. The van der Waals surface area contributed by atoms with Crippen LogP contribution in [-0.4, -0.2) is 34.7 Å². The van der Waals surface area contributed by atoms with E-state index < -0.39 is 18.0 Å². The Bertz CT molecular complexity index is 419. The maximum Gasteiger partial charge on any atom is 0.326 e. The normalized spacial score (nSPS) is 11.9. The maximum atomic E-state index is 11.4. The van der Waals surface area contributed by atoms with E-state index in [2.05, 4.69) is 15.6 Å². The van der Waals surface area contributed by atoms with Gasteiger partial charge in [-0.2, -0.15) is 0 Å². The highest BCUT2D eigenvalue weighted by atomic mass is 32.1. The molecule has 0 fully saturated rings. The zero-order valence-corrected chi connectivity index (χ0v) is 11.2. The average molecular weight is 271 g/mol. The van der Waals surface area contributed by atoms with Crippen molar-refractivity contribution in [1.29, 1.82) is 0 Å². The Kier molecular flexibility index (Phi) is 5.57. The number of urea groups is 1. The number of aromatic nitrogens is 1. The largest absolute Gasteiger partial charge is 0.480 e. The second-order valence-corrected chi connectivity index (χ2v) is 4.77. The molecule has 2 amide bonds. The molecule has 1 aromatic rings. The molecule has 1 aromatic heterocycles. The summed E-state index contributed by atoms with van der Waals surface area (Å²) >= 11 is 1.55. The van der Waals surface area contributed by atoms with Gasteiger partial charge in [0, 0.05) is 24.0 Å². The van der Waals surface area contributed by atoms with Gasteiger partial charge in [0.1, 0.15) is 6.04 Å². The lowest BCUT2D eigenvalue weighted by Gasteiger charge is -2.12. The summed E-state index contributed by atoms with van der Waals surface area (Å²) in [6.07, 6.45) is 1.00. The van der Waals surface area contributed by atoms with Gasteiger partial charge in [-0.05, 0) is 13.3 Å². The fourth-order valence-corrected chi connectivity index (χ4v) is 2.12. The summed E-state index contributed by atoms with van der Waals surface area (Å²) in [6, 6.07) is -1.30. The minimum atomic E-state index is -1.02. The lowest BCUT2D eigenvalue weighted by molar-refractivity contribution is -0.139. The second-order valence-electron chi connectivity index (χ2n) is 3.83. The number of carboxylic acids is 1. The summed E-state index contributed by atoms with van der Waals surface area (Å²) in [7, 11) is 0. The van der Waals surface area contributed by atoms with Gasteiger partial charge < -0.3 is 15.7 Å². The number of aliphatic carboxylic acids is 1. The molecule has 0 aromatic carbocycles. The molecule has 0 aliphatic heterocycles. The van der Waals surface area contributed by atoms with Crippen LogP contribution in [0.1, 0.15) is 24.0 Å². The number of carboxylic acid groups (broad SMARTS) is 1. The Morgan fingerprint density at radius 1 is 1.56 bits per heavy atom. The number of nitrogens with zero attached hydrogens (tertiary/aromatic N) is 1. The van der Waals surface area contributed by atoms with Gasteiger partial charge in [-0.1, -0.05) is 6.92 Å². The third-order valence-corrected chi connectivity index (χ3v) is 3.33. The van der Waals surface area contributed by atoms with Crippen LogP contribution in [0.5, 0.6) is 0 Å². The zero-order chi connectivity index (χ0) is 13.5. The van der Waals surface area contributed by atoms with Gasteiger partial charge in [0.15, 0.2) is 0 Å².